The maximum absolute atomic E-state index is 6.00. The molecule has 2 nitrogen and oxygen atoms in total. The Morgan fingerprint density at radius 3 is 2.07 bits per heavy atom. The van der Waals surface area contributed by atoms with E-state index in [0.29, 0.717) is 11.6 Å². The van der Waals surface area contributed by atoms with Crippen molar-refractivity contribution in [1.82, 2.24) is 4.90 Å². The average molecular weight is 212 g/mol. The van der Waals surface area contributed by atoms with Crippen molar-refractivity contribution in [3.63, 3.8) is 0 Å². The van der Waals surface area contributed by atoms with Gasteiger partial charge >= 0.3 is 0 Å². The van der Waals surface area contributed by atoms with Gasteiger partial charge in [-0.3, -0.25) is 4.90 Å². The number of hydrogen-bond donors (Lipinski definition) is 1. The van der Waals surface area contributed by atoms with E-state index >= 15 is 0 Å². The lowest BCUT2D eigenvalue weighted by atomic mass is 9.63. The second kappa shape index (κ2) is 4.84. The molecule has 0 radical (unpaired) electrons. The van der Waals surface area contributed by atoms with Crippen LogP contribution in [0.4, 0.5) is 0 Å². The molecule has 1 rings (SSSR count). The first-order valence-electron chi connectivity index (χ1n) is 6.43. The quantitative estimate of drug-likeness (QED) is 0.758. The van der Waals surface area contributed by atoms with E-state index in [1.807, 2.05) is 0 Å². The molecule has 1 aliphatic carbocycles. The van der Waals surface area contributed by atoms with Crippen molar-refractivity contribution in [2.75, 3.05) is 13.1 Å². The van der Waals surface area contributed by atoms with Crippen molar-refractivity contribution in [3.8, 4) is 0 Å². The predicted molar refractivity (Wildman–Crippen MR) is 66.9 cm³/mol. The Balaban J connectivity index is 2.64. The summed E-state index contributed by atoms with van der Waals surface area (Å²) < 4.78 is 0. The molecule has 0 aliphatic heterocycles. The normalized spacial score (nSPS) is 31.4. The first-order chi connectivity index (χ1) is 6.96. The molecule has 90 valence electrons. The van der Waals surface area contributed by atoms with E-state index in [0.717, 1.165) is 24.9 Å². The molecule has 0 saturated heterocycles. The van der Waals surface area contributed by atoms with Gasteiger partial charge in [-0.25, -0.2) is 0 Å². The van der Waals surface area contributed by atoms with Crippen molar-refractivity contribution in [1.29, 1.82) is 0 Å². The largest absolute Gasteiger partial charge is 0.329 e. The van der Waals surface area contributed by atoms with Gasteiger partial charge in [-0.15, -0.1) is 0 Å². The van der Waals surface area contributed by atoms with Crippen LogP contribution >= 0.6 is 0 Å². The lowest BCUT2D eigenvalue weighted by Gasteiger charge is -2.56. The maximum atomic E-state index is 6.00. The number of nitrogens with zero attached hydrogens (tertiary/aromatic N) is 1. The van der Waals surface area contributed by atoms with Crippen LogP contribution in [0.25, 0.3) is 0 Å². The number of nitrogens with two attached hydrogens (primary N) is 1. The molecule has 0 aromatic carbocycles. The summed E-state index contributed by atoms with van der Waals surface area (Å²) in [5.74, 6) is 1.71. The Bertz CT molecular complexity index is 193. The molecule has 0 aromatic rings. The van der Waals surface area contributed by atoms with Crippen molar-refractivity contribution in [3.05, 3.63) is 0 Å². The summed E-state index contributed by atoms with van der Waals surface area (Å²) in [5.41, 5.74) is 6.32. The first-order valence-corrected chi connectivity index (χ1v) is 6.43. The standard InChI is InChI=1S/C13H28N2/c1-6-15(11(4)5)13(9-14)7-12(8-13)10(2)3/h10-12H,6-9,14H2,1-5H3. The molecule has 0 atom stereocenters. The molecule has 0 spiro atoms. The van der Waals surface area contributed by atoms with Crippen LogP contribution in [-0.2, 0) is 0 Å². The number of hydrogen-bond acceptors (Lipinski definition) is 2. The van der Waals surface area contributed by atoms with Gasteiger partial charge in [0.25, 0.3) is 0 Å². The summed E-state index contributed by atoms with van der Waals surface area (Å²) in [6, 6.07) is 0.617. The van der Waals surface area contributed by atoms with Crippen molar-refractivity contribution in [2.45, 2.75) is 59.0 Å². The summed E-state index contributed by atoms with van der Waals surface area (Å²) in [7, 11) is 0. The molecular formula is C13H28N2. The van der Waals surface area contributed by atoms with Crippen LogP contribution in [0.1, 0.15) is 47.5 Å². The second-order valence-electron chi connectivity index (χ2n) is 5.72. The molecule has 0 amide bonds. The maximum Gasteiger partial charge on any atom is 0.0339 e. The number of likely N-dealkylation sites (N-methyl/N-ethyl adjacent to an activating group) is 1. The summed E-state index contributed by atoms with van der Waals surface area (Å²) in [6.45, 7) is 13.4. The SMILES string of the molecule is CCN(C(C)C)C1(CN)CC(C(C)C)C1. The zero-order valence-corrected chi connectivity index (χ0v) is 11.1. The van der Waals surface area contributed by atoms with Crippen molar-refractivity contribution in [2.24, 2.45) is 17.6 Å². The van der Waals surface area contributed by atoms with Gasteiger partial charge in [-0.05, 0) is 45.1 Å². The summed E-state index contributed by atoms with van der Waals surface area (Å²) in [4.78, 5) is 2.59. The summed E-state index contributed by atoms with van der Waals surface area (Å²) >= 11 is 0. The van der Waals surface area contributed by atoms with Crippen LogP contribution < -0.4 is 5.73 Å². The highest BCUT2D eigenvalue weighted by molar-refractivity contribution is 5.04. The van der Waals surface area contributed by atoms with Crippen molar-refractivity contribution < 1.29 is 0 Å². The van der Waals surface area contributed by atoms with Gasteiger partial charge in [0.15, 0.2) is 0 Å². The topological polar surface area (TPSA) is 29.3 Å². The third-order valence-corrected chi connectivity index (χ3v) is 4.18. The second-order valence-corrected chi connectivity index (χ2v) is 5.72. The molecule has 0 bridgehead atoms. The Kier molecular flexibility index (Phi) is 4.19. The van der Waals surface area contributed by atoms with Gasteiger partial charge in [0.2, 0.25) is 0 Å². The van der Waals surface area contributed by atoms with E-state index in [9.17, 15) is 0 Å². The highest BCUT2D eigenvalue weighted by atomic mass is 15.2. The zero-order valence-electron chi connectivity index (χ0n) is 11.1. The molecule has 0 aromatic heterocycles. The fourth-order valence-corrected chi connectivity index (χ4v) is 3.15. The predicted octanol–water partition coefficient (Wildman–Crippen LogP) is 2.48. The zero-order chi connectivity index (χ0) is 11.6. The van der Waals surface area contributed by atoms with Crippen LogP contribution in [0.2, 0.25) is 0 Å². The Hall–Kier alpha value is -0.0800. The molecule has 1 aliphatic rings. The van der Waals surface area contributed by atoms with Crippen LogP contribution in [-0.4, -0.2) is 29.6 Å². The third-order valence-electron chi connectivity index (χ3n) is 4.18. The molecular weight excluding hydrogens is 184 g/mol. The minimum absolute atomic E-state index is 0.317. The van der Waals surface area contributed by atoms with Crippen molar-refractivity contribution >= 4 is 0 Å². The Morgan fingerprint density at radius 2 is 1.80 bits per heavy atom. The highest BCUT2D eigenvalue weighted by Crippen LogP contribution is 2.46. The van der Waals surface area contributed by atoms with Gasteiger partial charge < -0.3 is 5.73 Å². The van der Waals surface area contributed by atoms with Gasteiger partial charge in [0.05, 0.1) is 0 Å². The van der Waals surface area contributed by atoms with Gasteiger partial charge in [0.1, 0.15) is 0 Å². The Labute approximate surface area is 95.2 Å². The summed E-state index contributed by atoms with van der Waals surface area (Å²) in [5, 5.41) is 0. The number of rotatable bonds is 5. The molecule has 1 saturated carbocycles. The highest BCUT2D eigenvalue weighted by Gasteiger charge is 2.48. The van der Waals surface area contributed by atoms with E-state index in [2.05, 4.69) is 39.5 Å². The first kappa shape index (κ1) is 13.0. The fraction of sp³-hybridized carbons (Fsp3) is 1.00. The molecule has 2 N–H and O–H groups in total. The van der Waals surface area contributed by atoms with Crippen LogP contribution in [0, 0.1) is 11.8 Å². The van der Waals surface area contributed by atoms with E-state index in [1.54, 1.807) is 0 Å². The minimum atomic E-state index is 0.317. The summed E-state index contributed by atoms with van der Waals surface area (Å²) in [6.07, 6.45) is 2.60. The van der Waals surface area contributed by atoms with Gasteiger partial charge in [0, 0.05) is 18.1 Å². The van der Waals surface area contributed by atoms with Crippen LogP contribution in [0.5, 0.6) is 0 Å². The van der Waals surface area contributed by atoms with Crippen LogP contribution in [0.15, 0.2) is 0 Å². The van der Waals surface area contributed by atoms with E-state index in [-0.39, 0.29) is 0 Å². The van der Waals surface area contributed by atoms with E-state index in [4.69, 9.17) is 5.73 Å². The van der Waals surface area contributed by atoms with Gasteiger partial charge in [-0.2, -0.15) is 0 Å². The Morgan fingerprint density at radius 1 is 1.27 bits per heavy atom. The molecule has 0 unspecified atom stereocenters. The molecule has 1 fully saturated rings. The van der Waals surface area contributed by atoms with Crippen LogP contribution in [0.3, 0.4) is 0 Å². The average Bonchev–Trinajstić information content (AvgIpc) is 2.08. The molecule has 15 heavy (non-hydrogen) atoms. The third kappa shape index (κ3) is 2.36. The fourth-order valence-electron chi connectivity index (χ4n) is 3.15. The van der Waals surface area contributed by atoms with E-state index in [1.165, 1.54) is 12.8 Å². The van der Waals surface area contributed by atoms with E-state index < -0.39 is 0 Å². The van der Waals surface area contributed by atoms with Gasteiger partial charge in [-0.1, -0.05) is 20.8 Å². The lowest BCUT2D eigenvalue weighted by Crippen LogP contribution is -2.64. The molecule has 2 heteroatoms. The lowest BCUT2D eigenvalue weighted by molar-refractivity contribution is -0.0492. The molecule has 0 heterocycles. The minimum Gasteiger partial charge on any atom is -0.329 e. The smallest absolute Gasteiger partial charge is 0.0339 e. The monoisotopic (exact) mass is 212 g/mol.